The Hall–Kier alpha value is -1.72. The number of hydrogen-bond acceptors (Lipinski definition) is 5. The summed E-state index contributed by atoms with van der Waals surface area (Å²) in [6, 6.07) is 6.89. The quantitative estimate of drug-likeness (QED) is 0.694. The van der Waals surface area contributed by atoms with Crippen LogP contribution in [0.25, 0.3) is 0 Å². The number of benzene rings is 1. The normalized spacial score (nSPS) is 10.2. The minimum atomic E-state index is -0.532. The van der Waals surface area contributed by atoms with Gasteiger partial charge in [0.2, 0.25) is 0 Å². The SMILES string of the molecule is COC(=O)c1cc(N)cc(Cl)c1OCc1cccs1. The zero-order valence-corrected chi connectivity index (χ0v) is 11.8. The lowest BCUT2D eigenvalue weighted by Gasteiger charge is -2.12. The highest BCUT2D eigenvalue weighted by Gasteiger charge is 2.17. The van der Waals surface area contributed by atoms with E-state index in [2.05, 4.69) is 0 Å². The largest absolute Gasteiger partial charge is 0.486 e. The summed E-state index contributed by atoms with van der Waals surface area (Å²) in [5.74, 6) is -0.244. The van der Waals surface area contributed by atoms with Crippen molar-refractivity contribution in [2.24, 2.45) is 0 Å². The van der Waals surface area contributed by atoms with Gasteiger partial charge < -0.3 is 15.2 Å². The first-order valence-electron chi connectivity index (χ1n) is 5.44. The van der Waals surface area contributed by atoms with E-state index in [-0.39, 0.29) is 16.3 Å². The van der Waals surface area contributed by atoms with Crippen LogP contribution in [0.5, 0.6) is 5.75 Å². The Bertz CT molecular complexity index is 584. The first-order chi connectivity index (χ1) is 9.11. The van der Waals surface area contributed by atoms with E-state index in [1.165, 1.54) is 19.2 Å². The molecule has 1 heterocycles. The third kappa shape index (κ3) is 3.19. The molecule has 6 heteroatoms. The number of rotatable bonds is 4. The van der Waals surface area contributed by atoms with Gasteiger partial charge in [-0.05, 0) is 23.6 Å². The lowest BCUT2D eigenvalue weighted by atomic mass is 10.2. The number of esters is 1. The van der Waals surface area contributed by atoms with Gasteiger partial charge in [0, 0.05) is 10.6 Å². The molecule has 1 aromatic carbocycles. The lowest BCUT2D eigenvalue weighted by Crippen LogP contribution is -2.07. The molecule has 0 atom stereocenters. The molecule has 2 aromatic rings. The summed E-state index contributed by atoms with van der Waals surface area (Å²) in [4.78, 5) is 12.7. The second-order valence-electron chi connectivity index (χ2n) is 3.74. The molecule has 0 aliphatic rings. The highest BCUT2D eigenvalue weighted by Crippen LogP contribution is 2.33. The highest BCUT2D eigenvalue weighted by molar-refractivity contribution is 7.09. The molecular weight excluding hydrogens is 286 g/mol. The monoisotopic (exact) mass is 297 g/mol. The van der Waals surface area contributed by atoms with Gasteiger partial charge in [-0.1, -0.05) is 17.7 Å². The maximum absolute atomic E-state index is 11.7. The second-order valence-corrected chi connectivity index (χ2v) is 5.18. The van der Waals surface area contributed by atoms with Crippen LogP contribution < -0.4 is 10.5 Å². The van der Waals surface area contributed by atoms with Crippen LogP contribution in [0.2, 0.25) is 5.02 Å². The predicted octanol–water partition coefficient (Wildman–Crippen LogP) is 3.35. The fourth-order valence-electron chi connectivity index (χ4n) is 1.56. The van der Waals surface area contributed by atoms with Gasteiger partial charge in [0.15, 0.2) is 5.75 Å². The van der Waals surface area contributed by atoms with E-state index < -0.39 is 5.97 Å². The molecule has 0 aliphatic heterocycles. The number of carbonyl (C=O) groups is 1. The highest BCUT2D eigenvalue weighted by atomic mass is 35.5. The van der Waals surface area contributed by atoms with Crippen molar-refractivity contribution in [3.8, 4) is 5.75 Å². The number of halogens is 1. The van der Waals surface area contributed by atoms with Crippen LogP contribution in [0.3, 0.4) is 0 Å². The molecular formula is C13H12ClNO3S. The first-order valence-corrected chi connectivity index (χ1v) is 6.70. The third-order valence-electron chi connectivity index (χ3n) is 2.41. The van der Waals surface area contributed by atoms with E-state index >= 15 is 0 Å². The van der Waals surface area contributed by atoms with E-state index in [0.717, 1.165) is 4.88 Å². The van der Waals surface area contributed by atoms with Crippen LogP contribution in [-0.4, -0.2) is 13.1 Å². The Labute approximate surface area is 119 Å². The Balaban J connectivity index is 2.29. The smallest absolute Gasteiger partial charge is 0.341 e. The van der Waals surface area contributed by atoms with Crippen molar-refractivity contribution in [2.75, 3.05) is 12.8 Å². The van der Waals surface area contributed by atoms with Crippen molar-refractivity contribution in [3.05, 3.63) is 45.1 Å². The van der Waals surface area contributed by atoms with Gasteiger partial charge in [0.25, 0.3) is 0 Å². The Morgan fingerprint density at radius 3 is 2.89 bits per heavy atom. The summed E-state index contributed by atoms with van der Waals surface area (Å²) < 4.78 is 10.3. The molecule has 2 N–H and O–H groups in total. The van der Waals surface area contributed by atoms with Gasteiger partial charge >= 0.3 is 5.97 Å². The topological polar surface area (TPSA) is 61.5 Å². The molecule has 2 rings (SSSR count). The zero-order chi connectivity index (χ0) is 13.8. The van der Waals surface area contributed by atoms with Crippen molar-refractivity contribution in [2.45, 2.75) is 6.61 Å². The second kappa shape index (κ2) is 5.95. The molecule has 0 aliphatic carbocycles. The molecule has 0 saturated carbocycles. The fourth-order valence-corrected chi connectivity index (χ4v) is 2.46. The number of methoxy groups -OCH3 is 1. The van der Waals surface area contributed by atoms with E-state index in [4.69, 9.17) is 26.8 Å². The average molecular weight is 298 g/mol. The van der Waals surface area contributed by atoms with Gasteiger partial charge in [0.1, 0.15) is 12.2 Å². The Kier molecular flexibility index (Phi) is 4.29. The van der Waals surface area contributed by atoms with Crippen molar-refractivity contribution in [1.29, 1.82) is 0 Å². The number of thiophene rings is 1. The van der Waals surface area contributed by atoms with Crippen molar-refractivity contribution < 1.29 is 14.3 Å². The van der Waals surface area contributed by atoms with E-state index in [9.17, 15) is 4.79 Å². The van der Waals surface area contributed by atoms with Crippen LogP contribution in [0.4, 0.5) is 5.69 Å². The van der Waals surface area contributed by atoms with Crippen molar-refractivity contribution in [3.63, 3.8) is 0 Å². The van der Waals surface area contributed by atoms with Gasteiger partial charge in [0.05, 0.1) is 12.1 Å². The molecule has 19 heavy (non-hydrogen) atoms. The molecule has 0 amide bonds. The standard InChI is InChI=1S/C13H12ClNO3S/c1-17-13(16)10-5-8(15)6-11(14)12(10)18-7-9-3-2-4-19-9/h2-6H,7,15H2,1H3. The minimum absolute atomic E-state index is 0.226. The first kappa shape index (κ1) is 13.7. The summed E-state index contributed by atoms with van der Waals surface area (Å²) in [6.45, 7) is 0.339. The average Bonchev–Trinajstić information content (AvgIpc) is 2.89. The van der Waals surface area contributed by atoms with Crippen LogP contribution in [0, 0.1) is 0 Å². The van der Waals surface area contributed by atoms with Crippen molar-refractivity contribution in [1.82, 2.24) is 0 Å². The molecule has 0 radical (unpaired) electrons. The Morgan fingerprint density at radius 1 is 1.47 bits per heavy atom. The van der Waals surface area contributed by atoms with Crippen LogP contribution >= 0.6 is 22.9 Å². The molecule has 0 unspecified atom stereocenters. The maximum Gasteiger partial charge on any atom is 0.341 e. The third-order valence-corrected chi connectivity index (χ3v) is 3.54. The van der Waals surface area contributed by atoms with Gasteiger partial charge in [-0.3, -0.25) is 0 Å². The number of ether oxygens (including phenoxy) is 2. The molecule has 0 spiro atoms. The number of anilines is 1. The number of nitrogens with two attached hydrogens (primary N) is 1. The van der Waals surface area contributed by atoms with Gasteiger partial charge in [-0.15, -0.1) is 11.3 Å². The fraction of sp³-hybridized carbons (Fsp3) is 0.154. The van der Waals surface area contributed by atoms with E-state index in [1.807, 2.05) is 17.5 Å². The predicted molar refractivity (Wildman–Crippen MR) is 75.9 cm³/mol. The number of carbonyl (C=O) groups excluding carboxylic acids is 1. The molecule has 0 bridgehead atoms. The number of hydrogen-bond donors (Lipinski definition) is 1. The zero-order valence-electron chi connectivity index (χ0n) is 10.2. The lowest BCUT2D eigenvalue weighted by molar-refractivity contribution is 0.0595. The van der Waals surface area contributed by atoms with E-state index in [0.29, 0.717) is 12.3 Å². The van der Waals surface area contributed by atoms with Crippen LogP contribution in [-0.2, 0) is 11.3 Å². The minimum Gasteiger partial charge on any atom is -0.486 e. The van der Waals surface area contributed by atoms with Crippen molar-refractivity contribution >= 4 is 34.6 Å². The van der Waals surface area contributed by atoms with Crippen LogP contribution in [0.1, 0.15) is 15.2 Å². The van der Waals surface area contributed by atoms with E-state index in [1.54, 1.807) is 11.3 Å². The summed E-state index contributed by atoms with van der Waals surface area (Å²) in [7, 11) is 1.29. The molecule has 4 nitrogen and oxygen atoms in total. The molecule has 0 fully saturated rings. The van der Waals surface area contributed by atoms with Gasteiger partial charge in [-0.25, -0.2) is 4.79 Å². The summed E-state index contributed by atoms with van der Waals surface area (Å²) >= 11 is 7.63. The number of nitrogen functional groups attached to an aromatic ring is 1. The molecule has 0 saturated heterocycles. The molecule has 1 aromatic heterocycles. The summed E-state index contributed by atoms with van der Waals surface area (Å²) in [5.41, 5.74) is 6.28. The Morgan fingerprint density at radius 2 is 2.26 bits per heavy atom. The molecule has 100 valence electrons. The summed E-state index contributed by atoms with van der Waals surface area (Å²) in [6.07, 6.45) is 0. The van der Waals surface area contributed by atoms with Gasteiger partial charge in [-0.2, -0.15) is 0 Å². The van der Waals surface area contributed by atoms with Crippen LogP contribution in [0.15, 0.2) is 29.6 Å². The summed E-state index contributed by atoms with van der Waals surface area (Å²) in [5, 5.41) is 2.24. The maximum atomic E-state index is 11.7.